The molecule has 2 heterocycles. The molecule has 8 heteroatoms. The second kappa shape index (κ2) is 6.34. The number of hydrogen-bond acceptors (Lipinski definition) is 3. The SMILES string of the molecule is Cc1nc(CC(C)n2ccnc2C)n(-c2cccc(C(F)(F)F)c2)n1. The van der Waals surface area contributed by atoms with E-state index in [0.717, 1.165) is 18.0 Å². The van der Waals surface area contributed by atoms with Gasteiger partial charge in [0.15, 0.2) is 0 Å². The maximum atomic E-state index is 13.0. The Bertz CT molecular complexity index is 879. The molecule has 2 aromatic heterocycles. The van der Waals surface area contributed by atoms with E-state index in [1.807, 2.05) is 24.6 Å². The van der Waals surface area contributed by atoms with Gasteiger partial charge >= 0.3 is 6.18 Å². The second-order valence-electron chi connectivity index (χ2n) is 5.97. The minimum Gasteiger partial charge on any atom is -0.332 e. The summed E-state index contributed by atoms with van der Waals surface area (Å²) in [6.07, 6.45) is -0.284. The lowest BCUT2D eigenvalue weighted by Crippen LogP contribution is -2.13. The average molecular weight is 349 g/mol. The zero-order valence-electron chi connectivity index (χ0n) is 14.1. The van der Waals surface area contributed by atoms with Crippen molar-refractivity contribution in [2.24, 2.45) is 0 Å². The van der Waals surface area contributed by atoms with Crippen LogP contribution in [0.2, 0.25) is 0 Å². The monoisotopic (exact) mass is 349 g/mol. The van der Waals surface area contributed by atoms with E-state index in [1.165, 1.54) is 10.7 Å². The Labute approximate surface area is 143 Å². The third-order valence-electron chi connectivity index (χ3n) is 4.01. The number of hydrogen-bond donors (Lipinski definition) is 0. The summed E-state index contributed by atoms with van der Waals surface area (Å²) in [5.41, 5.74) is -0.359. The highest BCUT2D eigenvalue weighted by Crippen LogP contribution is 2.30. The van der Waals surface area contributed by atoms with Crippen LogP contribution >= 0.6 is 0 Å². The number of nitrogens with zero attached hydrogens (tertiary/aromatic N) is 5. The van der Waals surface area contributed by atoms with E-state index in [1.54, 1.807) is 19.2 Å². The van der Waals surface area contributed by atoms with Crippen LogP contribution in [0.25, 0.3) is 5.69 Å². The lowest BCUT2D eigenvalue weighted by molar-refractivity contribution is -0.137. The van der Waals surface area contributed by atoms with Crippen LogP contribution in [0.4, 0.5) is 13.2 Å². The van der Waals surface area contributed by atoms with Crippen molar-refractivity contribution in [3.63, 3.8) is 0 Å². The molecule has 0 N–H and O–H groups in total. The third kappa shape index (κ3) is 3.57. The smallest absolute Gasteiger partial charge is 0.332 e. The molecule has 1 unspecified atom stereocenters. The van der Waals surface area contributed by atoms with Gasteiger partial charge in [-0.2, -0.15) is 18.3 Å². The molecule has 3 rings (SSSR count). The van der Waals surface area contributed by atoms with Gasteiger partial charge in [0.2, 0.25) is 0 Å². The Morgan fingerprint density at radius 1 is 1.20 bits per heavy atom. The van der Waals surface area contributed by atoms with E-state index in [0.29, 0.717) is 23.8 Å². The summed E-state index contributed by atoms with van der Waals surface area (Å²) in [5.74, 6) is 1.99. The second-order valence-corrected chi connectivity index (χ2v) is 5.97. The molecule has 0 saturated carbocycles. The molecule has 0 saturated heterocycles. The first-order valence-electron chi connectivity index (χ1n) is 7.85. The quantitative estimate of drug-likeness (QED) is 0.718. The van der Waals surface area contributed by atoms with Gasteiger partial charge in [-0.3, -0.25) is 0 Å². The summed E-state index contributed by atoms with van der Waals surface area (Å²) in [6, 6.07) is 5.16. The Balaban J connectivity index is 1.95. The summed E-state index contributed by atoms with van der Waals surface area (Å²) < 4.78 is 42.4. The minimum atomic E-state index is -4.40. The molecule has 3 aromatic rings. The van der Waals surface area contributed by atoms with E-state index >= 15 is 0 Å². The summed E-state index contributed by atoms with van der Waals surface area (Å²) in [7, 11) is 0. The number of aromatic nitrogens is 5. The van der Waals surface area contributed by atoms with Crippen molar-refractivity contribution in [3.05, 3.63) is 59.7 Å². The first-order valence-corrected chi connectivity index (χ1v) is 7.85. The molecule has 0 amide bonds. The predicted molar refractivity (Wildman–Crippen MR) is 86.5 cm³/mol. The largest absolute Gasteiger partial charge is 0.416 e. The molecular formula is C17H18F3N5. The van der Waals surface area contributed by atoms with Crippen LogP contribution in [0.1, 0.15) is 36.0 Å². The van der Waals surface area contributed by atoms with Crippen molar-refractivity contribution >= 4 is 0 Å². The number of alkyl halides is 3. The van der Waals surface area contributed by atoms with E-state index in [-0.39, 0.29) is 6.04 Å². The highest BCUT2D eigenvalue weighted by Gasteiger charge is 2.30. The lowest BCUT2D eigenvalue weighted by Gasteiger charge is -2.15. The molecule has 0 aliphatic rings. The topological polar surface area (TPSA) is 48.5 Å². The Morgan fingerprint density at radius 3 is 2.60 bits per heavy atom. The summed E-state index contributed by atoms with van der Waals surface area (Å²) in [6.45, 7) is 5.63. The van der Waals surface area contributed by atoms with Crippen molar-refractivity contribution in [2.75, 3.05) is 0 Å². The fourth-order valence-corrected chi connectivity index (χ4v) is 2.83. The maximum Gasteiger partial charge on any atom is 0.416 e. The summed E-state index contributed by atoms with van der Waals surface area (Å²) in [4.78, 5) is 8.59. The first-order chi connectivity index (χ1) is 11.8. The number of halogens is 3. The van der Waals surface area contributed by atoms with Crippen molar-refractivity contribution in [2.45, 2.75) is 39.4 Å². The molecule has 1 atom stereocenters. The van der Waals surface area contributed by atoms with Gasteiger partial charge in [-0.05, 0) is 39.0 Å². The van der Waals surface area contributed by atoms with Crippen molar-refractivity contribution in [3.8, 4) is 5.69 Å². The fourth-order valence-electron chi connectivity index (χ4n) is 2.83. The van der Waals surface area contributed by atoms with Crippen molar-refractivity contribution in [1.29, 1.82) is 0 Å². The molecule has 0 radical (unpaired) electrons. The van der Waals surface area contributed by atoms with Crippen LogP contribution in [0.5, 0.6) is 0 Å². The highest BCUT2D eigenvalue weighted by atomic mass is 19.4. The fraction of sp³-hybridized carbons (Fsp3) is 0.353. The van der Waals surface area contributed by atoms with Crippen LogP contribution < -0.4 is 0 Å². The van der Waals surface area contributed by atoms with Gasteiger partial charge in [-0.1, -0.05) is 6.07 Å². The van der Waals surface area contributed by atoms with Crippen LogP contribution in [-0.2, 0) is 12.6 Å². The van der Waals surface area contributed by atoms with Gasteiger partial charge in [0.25, 0.3) is 0 Å². The maximum absolute atomic E-state index is 13.0. The molecule has 132 valence electrons. The zero-order chi connectivity index (χ0) is 18.2. The Kier molecular flexibility index (Phi) is 4.36. The van der Waals surface area contributed by atoms with Gasteiger partial charge in [0.1, 0.15) is 17.5 Å². The third-order valence-corrected chi connectivity index (χ3v) is 4.01. The minimum absolute atomic E-state index is 0.0515. The standard InChI is InChI=1S/C17H18F3N5/c1-11(24-8-7-21-13(24)3)9-16-22-12(2)23-25(16)15-6-4-5-14(10-15)17(18,19)20/h4-8,10-11H,9H2,1-3H3. The molecule has 0 aliphatic heterocycles. The zero-order valence-corrected chi connectivity index (χ0v) is 14.1. The summed E-state index contributed by atoms with van der Waals surface area (Å²) in [5, 5.41) is 4.27. The Hall–Kier alpha value is -2.64. The number of aryl methyl sites for hydroxylation is 2. The van der Waals surface area contributed by atoms with E-state index < -0.39 is 11.7 Å². The van der Waals surface area contributed by atoms with Gasteiger partial charge in [0.05, 0.1) is 11.3 Å². The Morgan fingerprint density at radius 2 is 1.96 bits per heavy atom. The van der Waals surface area contributed by atoms with E-state index in [4.69, 9.17) is 0 Å². The van der Waals surface area contributed by atoms with Crippen LogP contribution in [0.3, 0.4) is 0 Å². The van der Waals surface area contributed by atoms with Gasteiger partial charge in [-0.15, -0.1) is 0 Å². The van der Waals surface area contributed by atoms with E-state index in [2.05, 4.69) is 15.1 Å². The van der Waals surface area contributed by atoms with Gasteiger partial charge < -0.3 is 4.57 Å². The van der Waals surface area contributed by atoms with Crippen LogP contribution in [0, 0.1) is 13.8 Å². The molecule has 0 bridgehead atoms. The average Bonchev–Trinajstić information content (AvgIpc) is 3.12. The number of rotatable bonds is 4. The van der Waals surface area contributed by atoms with Crippen LogP contribution in [-0.4, -0.2) is 24.3 Å². The number of imidazole rings is 1. The lowest BCUT2D eigenvalue weighted by atomic mass is 10.2. The molecule has 0 spiro atoms. The molecule has 1 aromatic carbocycles. The molecule has 5 nitrogen and oxygen atoms in total. The van der Waals surface area contributed by atoms with Gasteiger partial charge in [-0.25, -0.2) is 14.6 Å². The molecule has 25 heavy (non-hydrogen) atoms. The molecular weight excluding hydrogens is 331 g/mol. The predicted octanol–water partition coefficient (Wildman–Crippen LogP) is 3.90. The normalized spacial score (nSPS) is 13.2. The molecule has 0 fully saturated rings. The van der Waals surface area contributed by atoms with Crippen LogP contribution in [0.15, 0.2) is 36.7 Å². The van der Waals surface area contributed by atoms with Gasteiger partial charge in [0, 0.05) is 24.9 Å². The molecule has 0 aliphatic carbocycles. The van der Waals surface area contributed by atoms with Crippen molar-refractivity contribution in [1.82, 2.24) is 24.3 Å². The summed E-state index contributed by atoms with van der Waals surface area (Å²) >= 11 is 0. The van der Waals surface area contributed by atoms with Crippen molar-refractivity contribution < 1.29 is 13.2 Å². The van der Waals surface area contributed by atoms with E-state index in [9.17, 15) is 13.2 Å². The number of benzene rings is 1. The first kappa shape index (κ1) is 17.2. The highest BCUT2D eigenvalue weighted by molar-refractivity contribution is 5.37.